The smallest absolute Gasteiger partial charge is 0.187 e. The van der Waals surface area contributed by atoms with Crippen LogP contribution in [0, 0.1) is 50.2 Å². The third-order valence-electron chi connectivity index (χ3n) is 22.5. The molecule has 0 unspecified atom stereocenters. The fourth-order valence-corrected chi connectivity index (χ4v) is 17.7. The van der Waals surface area contributed by atoms with Gasteiger partial charge >= 0.3 is 0 Å². The van der Waals surface area contributed by atoms with Crippen molar-refractivity contribution < 1.29 is 109 Å². The van der Waals surface area contributed by atoms with Gasteiger partial charge in [-0.1, -0.05) is 41.5 Å². The second-order valence-electron chi connectivity index (χ2n) is 26.4. The summed E-state index contributed by atoms with van der Waals surface area (Å²) in [4.78, 5) is 0. The number of aliphatic hydroxyl groups is 13. The van der Waals surface area contributed by atoms with Crippen LogP contribution in [-0.2, 0) is 42.6 Å². The van der Waals surface area contributed by atoms with E-state index in [1.807, 2.05) is 0 Å². The minimum Gasteiger partial charge on any atom is -0.396 e. The molecule has 30 atom stereocenters. The molecule has 10 aliphatic rings. The normalized spacial score (nSPS) is 58.6. The Morgan fingerprint density at radius 1 is 0.520 bits per heavy atom. The number of hydrogen-bond donors (Lipinski definition) is 13. The van der Waals surface area contributed by atoms with Crippen LogP contribution >= 0.6 is 0 Å². The standard InChI is InChI=1S/C53H88O22/c1-23-32(58)36(62)39(65)43(69-23)75-42-38(64)34(60)25(19-55)71-46(42)72-26-20-67-45(41(35(26)61)74-44-40(66)37(63)33(59)24(18-54)70-44)73-31-10-11-49(5)27(47(31,2)3)8-12-50(6)28(49)9-13-53-29-16-48(4,21-56)14-15-52(29,22-68-53)30(57)17-51(50,53)7/h23-46,54-66H,8-22H2,1-7H3/t23-,24+,25+,26-,27-,28+,29+,30+,31-,32-,33-,34-,35-,36+,37-,38-,39+,40+,41+,42+,43-,44-,45-,46-,48-,49+,50+,51-,52+,53-/m0/s1. The van der Waals surface area contributed by atoms with Crippen molar-refractivity contribution in [1.82, 2.24) is 0 Å². The average molecular weight is 1080 g/mol. The molecule has 75 heavy (non-hydrogen) atoms. The van der Waals surface area contributed by atoms with Crippen molar-refractivity contribution in [2.75, 3.05) is 33.0 Å². The lowest BCUT2D eigenvalue weighted by molar-refractivity contribution is -0.394. The van der Waals surface area contributed by atoms with Gasteiger partial charge in [-0.25, -0.2) is 0 Å². The van der Waals surface area contributed by atoms with Crippen molar-refractivity contribution in [2.24, 2.45) is 50.2 Å². The summed E-state index contributed by atoms with van der Waals surface area (Å²) in [5.74, 6) is 0.556. The molecular weight excluding hydrogens is 989 g/mol. The number of rotatable bonds is 11. The first-order valence-electron chi connectivity index (χ1n) is 27.7. The van der Waals surface area contributed by atoms with Gasteiger partial charge in [-0.2, -0.15) is 0 Å². The Morgan fingerprint density at radius 2 is 1.12 bits per heavy atom. The van der Waals surface area contributed by atoms with Gasteiger partial charge in [-0.05, 0) is 111 Å². The number of aliphatic hydroxyl groups excluding tert-OH is 13. The molecule has 5 aliphatic carbocycles. The first-order chi connectivity index (χ1) is 35.2. The molecule has 0 aromatic rings. The fourth-order valence-electron chi connectivity index (χ4n) is 17.7. The molecule has 432 valence electrons. The van der Waals surface area contributed by atoms with Crippen molar-refractivity contribution in [1.29, 1.82) is 0 Å². The molecule has 0 aromatic carbocycles. The Bertz CT molecular complexity index is 2020. The Hall–Kier alpha value is -0.880. The third kappa shape index (κ3) is 8.62. The van der Waals surface area contributed by atoms with E-state index in [9.17, 15) is 66.4 Å². The largest absolute Gasteiger partial charge is 0.396 e. The highest BCUT2D eigenvalue weighted by Gasteiger charge is 2.80. The lowest BCUT2D eigenvalue weighted by atomic mass is 9.30. The van der Waals surface area contributed by atoms with Crippen LogP contribution in [0.4, 0.5) is 0 Å². The summed E-state index contributed by atoms with van der Waals surface area (Å²) in [5.41, 5.74) is -2.16. The Morgan fingerprint density at radius 3 is 1.77 bits per heavy atom. The van der Waals surface area contributed by atoms with Gasteiger partial charge in [0.05, 0.1) is 50.3 Å². The first-order valence-corrected chi connectivity index (χ1v) is 27.7. The van der Waals surface area contributed by atoms with E-state index in [1.54, 1.807) is 0 Å². The molecule has 2 bridgehead atoms. The van der Waals surface area contributed by atoms with Crippen molar-refractivity contribution >= 4 is 0 Å². The maximum absolute atomic E-state index is 12.4. The highest BCUT2D eigenvalue weighted by atomic mass is 16.8. The molecular formula is C53H88O22. The van der Waals surface area contributed by atoms with Gasteiger partial charge in [0.1, 0.15) is 85.5 Å². The third-order valence-corrected chi connectivity index (χ3v) is 22.5. The number of fused-ring (bicyclic) bond motifs is 4. The molecule has 22 heteroatoms. The van der Waals surface area contributed by atoms with Gasteiger partial charge in [0, 0.05) is 17.4 Å². The molecule has 10 rings (SSSR count). The lowest BCUT2D eigenvalue weighted by Crippen LogP contribution is -2.74. The second kappa shape index (κ2) is 20.2. The predicted octanol–water partition coefficient (Wildman–Crippen LogP) is -1.71. The molecule has 0 radical (unpaired) electrons. The molecule has 13 N–H and O–H groups in total. The maximum atomic E-state index is 12.4. The quantitative estimate of drug-likeness (QED) is 0.102. The van der Waals surface area contributed by atoms with Crippen molar-refractivity contribution in [3.05, 3.63) is 0 Å². The van der Waals surface area contributed by atoms with E-state index in [0.717, 1.165) is 51.4 Å². The lowest BCUT2D eigenvalue weighted by Gasteiger charge is -2.75. The van der Waals surface area contributed by atoms with Gasteiger partial charge in [0.15, 0.2) is 25.2 Å². The summed E-state index contributed by atoms with van der Waals surface area (Å²) >= 11 is 0. The Labute approximate surface area is 438 Å². The summed E-state index contributed by atoms with van der Waals surface area (Å²) in [6, 6.07) is 0. The average Bonchev–Trinajstić information content (AvgIpc) is 3.66. The highest BCUT2D eigenvalue weighted by molar-refractivity contribution is 5.28. The van der Waals surface area contributed by atoms with Crippen LogP contribution in [-0.4, -0.2) is 234 Å². The molecule has 0 aromatic heterocycles. The van der Waals surface area contributed by atoms with Crippen LogP contribution in [0.5, 0.6) is 0 Å². The molecule has 5 aliphatic heterocycles. The summed E-state index contributed by atoms with van der Waals surface area (Å²) in [6.45, 7) is 13.9. The van der Waals surface area contributed by atoms with Crippen LogP contribution in [0.1, 0.15) is 113 Å². The van der Waals surface area contributed by atoms with Gasteiger partial charge in [-0.3, -0.25) is 0 Å². The number of hydrogen-bond acceptors (Lipinski definition) is 22. The topological polar surface area (TPSA) is 346 Å². The van der Waals surface area contributed by atoms with E-state index in [0.29, 0.717) is 19.4 Å². The SMILES string of the molecule is C[C@@H]1O[C@@H](O[C@H]2[C@H](O[C@H]3CO[C@@H](O[C@H]4CC[C@@]5(C)[C@H]6CC[C@]78OC[C@@]9(CC[C@](C)(CO)C[C@H]97)[C@H](O)C[C@@]8(C)[C@]6(C)CC[C@H]5C4(C)C)[C@H](O[C@@H]4O[C@H](CO)[C@H](O)[C@H](O)[C@H]4O)[C@H]3O)O[C@H](CO)[C@H](O)[C@@H]2O)[C@H](O)[C@H](O)[C@H]1O. The van der Waals surface area contributed by atoms with Crippen LogP contribution in [0.15, 0.2) is 0 Å². The van der Waals surface area contributed by atoms with E-state index in [4.69, 9.17) is 42.6 Å². The second-order valence-corrected chi connectivity index (χ2v) is 26.4. The molecule has 5 heterocycles. The first kappa shape index (κ1) is 57.4. The van der Waals surface area contributed by atoms with E-state index < -0.39 is 160 Å². The summed E-state index contributed by atoms with van der Waals surface area (Å²) in [7, 11) is 0. The van der Waals surface area contributed by atoms with Gasteiger partial charge in [0.2, 0.25) is 0 Å². The highest BCUT2D eigenvalue weighted by Crippen LogP contribution is 2.80. The molecule has 0 amide bonds. The van der Waals surface area contributed by atoms with Crippen LogP contribution in [0.3, 0.4) is 0 Å². The maximum Gasteiger partial charge on any atom is 0.187 e. The van der Waals surface area contributed by atoms with E-state index in [-0.39, 0.29) is 51.4 Å². The zero-order chi connectivity index (χ0) is 54.3. The Balaban J connectivity index is 0.901. The van der Waals surface area contributed by atoms with Crippen LogP contribution in [0.25, 0.3) is 0 Å². The molecule has 10 fully saturated rings. The summed E-state index contributed by atoms with van der Waals surface area (Å²) in [6.07, 6.45) is -23.9. The predicted molar refractivity (Wildman–Crippen MR) is 256 cm³/mol. The summed E-state index contributed by atoms with van der Waals surface area (Å²) < 4.78 is 56.3. The van der Waals surface area contributed by atoms with Crippen LogP contribution < -0.4 is 0 Å². The minimum absolute atomic E-state index is 0.108. The van der Waals surface area contributed by atoms with Gasteiger partial charge < -0.3 is 109 Å². The number of ether oxygens (including phenoxy) is 9. The van der Waals surface area contributed by atoms with Gasteiger partial charge in [-0.15, -0.1) is 0 Å². The van der Waals surface area contributed by atoms with Crippen molar-refractivity contribution in [3.63, 3.8) is 0 Å². The molecule has 22 nitrogen and oxygen atoms in total. The monoisotopic (exact) mass is 1080 g/mol. The molecule has 5 saturated heterocycles. The van der Waals surface area contributed by atoms with E-state index in [2.05, 4.69) is 41.5 Å². The van der Waals surface area contributed by atoms with Crippen molar-refractivity contribution in [3.8, 4) is 0 Å². The van der Waals surface area contributed by atoms with E-state index in [1.165, 1.54) is 6.92 Å². The molecule has 5 saturated carbocycles. The van der Waals surface area contributed by atoms with Crippen LogP contribution in [0.2, 0.25) is 0 Å². The minimum atomic E-state index is -1.88. The van der Waals surface area contributed by atoms with Gasteiger partial charge in [0.25, 0.3) is 0 Å². The summed E-state index contributed by atoms with van der Waals surface area (Å²) in [5, 5.41) is 142. The zero-order valence-corrected chi connectivity index (χ0v) is 44.5. The molecule has 1 spiro atoms. The zero-order valence-electron chi connectivity index (χ0n) is 44.5. The fraction of sp³-hybridized carbons (Fsp3) is 1.00. The Kier molecular flexibility index (Phi) is 15.5. The van der Waals surface area contributed by atoms with Crippen molar-refractivity contribution in [2.45, 2.75) is 247 Å². The van der Waals surface area contributed by atoms with E-state index >= 15 is 0 Å².